The number of hydrogen-bond donors (Lipinski definition) is 2. The number of nitrogens with zero attached hydrogens (tertiary/aromatic N) is 2. The van der Waals surface area contributed by atoms with Crippen LogP contribution in [0.4, 0.5) is 0 Å². The van der Waals surface area contributed by atoms with Gasteiger partial charge in [0.2, 0.25) is 5.91 Å². The SMILES string of the molecule is O=C(NCc1n[nH]c(=S)n1C1CC1)C1(S(=O)(=O)c2ccc(Cl)cc2)CCCC1. The molecule has 28 heavy (non-hydrogen) atoms. The predicted octanol–water partition coefficient (Wildman–Crippen LogP) is 3.33. The number of rotatable bonds is 6. The van der Waals surface area contributed by atoms with Gasteiger partial charge in [-0.25, -0.2) is 8.42 Å². The summed E-state index contributed by atoms with van der Waals surface area (Å²) in [6, 6.07) is 6.30. The predicted molar refractivity (Wildman–Crippen MR) is 107 cm³/mol. The van der Waals surface area contributed by atoms with E-state index in [9.17, 15) is 13.2 Å². The number of nitrogens with one attached hydrogen (secondary N) is 2. The van der Waals surface area contributed by atoms with E-state index >= 15 is 0 Å². The molecule has 0 unspecified atom stereocenters. The number of benzene rings is 1. The van der Waals surface area contributed by atoms with Crippen LogP contribution in [0.15, 0.2) is 29.2 Å². The minimum atomic E-state index is -3.86. The van der Waals surface area contributed by atoms with Crippen LogP contribution in [0.3, 0.4) is 0 Å². The molecule has 2 aliphatic rings. The van der Waals surface area contributed by atoms with Gasteiger partial charge in [-0.1, -0.05) is 24.4 Å². The summed E-state index contributed by atoms with van der Waals surface area (Å²) in [5.74, 6) is 0.147. The van der Waals surface area contributed by atoms with E-state index in [0.717, 1.165) is 12.8 Å². The molecule has 0 bridgehead atoms. The molecule has 2 saturated carbocycles. The van der Waals surface area contributed by atoms with Crippen LogP contribution in [-0.2, 0) is 21.2 Å². The number of carbonyl (C=O) groups excluding carboxylic acids is 1. The lowest BCUT2D eigenvalue weighted by atomic mass is 10.1. The van der Waals surface area contributed by atoms with E-state index in [0.29, 0.717) is 47.3 Å². The monoisotopic (exact) mass is 440 g/mol. The van der Waals surface area contributed by atoms with Crippen molar-refractivity contribution in [3.63, 3.8) is 0 Å². The van der Waals surface area contributed by atoms with Gasteiger partial charge in [0.15, 0.2) is 25.2 Å². The number of aromatic nitrogens is 3. The van der Waals surface area contributed by atoms with Crippen molar-refractivity contribution in [2.45, 2.75) is 60.8 Å². The van der Waals surface area contributed by atoms with Crippen LogP contribution in [0, 0.1) is 4.77 Å². The fourth-order valence-electron chi connectivity index (χ4n) is 3.90. The van der Waals surface area contributed by atoms with Crippen LogP contribution in [-0.4, -0.2) is 33.8 Å². The molecule has 1 amide bonds. The highest BCUT2D eigenvalue weighted by atomic mass is 35.5. The third-order valence-electron chi connectivity index (χ3n) is 5.56. The fraction of sp³-hybridized carbons (Fsp3) is 0.500. The smallest absolute Gasteiger partial charge is 0.242 e. The zero-order valence-electron chi connectivity index (χ0n) is 15.2. The molecule has 4 rings (SSSR count). The van der Waals surface area contributed by atoms with Gasteiger partial charge in [-0.15, -0.1) is 0 Å². The first kappa shape index (κ1) is 19.6. The molecule has 150 valence electrons. The standard InChI is InChI=1S/C18H21ClN4O3S2/c19-12-3-7-14(8-4-12)28(25,26)18(9-1-2-10-18)16(24)20-11-15-21-22-17(27)23(15)13-5-6-13/h3-4,7-8,13H,1-2,5-6,9-11H2,(H,20,24)(H,22,27). The fourth-order valence-corrected chi connectivity index (χ4v) is 6.41. The van der Waals surface area contributed by atoms with Crippen molar-refractivity contribution in [1.82, 2.24) is 20.1 Å². The Kier molecular flexibility index (Phi) is 5.09. The number of amides is 1. The molecule has 1 heterocycles. The Bertz CT molecular complexity index is 1050. The summed E-state index contributed by atoms with van der Waals surface area (Å²) in [6.45, 7) is 0.139. The minimum absolute atomic E-state index is 0.120. The van der Waals surface area contributed by atoms with Crippen molar-refractivity contribution in [2.24, 2.45) is 0 Å². The van der Waals surface area contributed by atoms with Crippen molar-refractivity contribution in [1.29, 1.82) is 0 Å². The first-order chi connectivity index (χ1) is 13.3. The largest absolute Gasteiger partial charge is 0.347 e. The Morgan fingerprint density at radius 1 is 1.29 bits per heavy atom. The molecular formula is C18H21ClN4O3S2. The maximum atomic E-state index is 13.4. The summed E-state index contributed by atoms with van der Waals surface area (Å²) in [5.41, 5.74) is 0. The van der Waals surface area contributed by atoms with E-state index in [4.69, 9.17) is 23.8 Å². The van der Waals surface area contributed by atoms with E-state index in [-0.39, 0.29) is 11.4 Å². The quantitative estimate of drug-likeness (QED) is 0.671. The van der Waals surface area contributed by atoms with E-state index in [2.05, 4.69) is 15.5 Å². The highest BCUT2D eigenvalue weighted by molar-refractivity contribution is 7.93. The van der Waals surface area contributed by atoms with E-state index < -0.39 is 20.5 Å². The average Bonchev–Trinajstić information content (AvgIpc) is 3.23. The van der Waals surface area contributed by atoms with Crippen molar-refractivity contribution in [3.05, 3.63) is 39.9 Å². The maximum Gasteiger partial charge on any atom is 0.242 e. The molecule has 2 fully saturated rings. The second-order valence-electron chi connectivity index (χ2n) is 7.39. The first-order valence-electron chi connectivity index (χ1n) is 9.29. The molecule has 0 aliphatic heterocycles. The number of sulfone groups is 1. The van der Waals surface area contributed by atoms with Crippen LogP contribution in [0.1, 0.15) is 50.4 Å². The Hall–Kier alpha value is -1.71. The molecule has 0 radical (unpaired) electrons. The van der Waals surface area contributed by atoms with Gasteiger partial charge in [0, 0.05) is 11.1 Å². The number of hydrogen-bond acceptors (Lipinski definition) is 5. The second-order valence-corrected chi connectivity index (χ2v) is 10.5. The van der Waals surface area contributed by atoms with Crippen molar-refractivity contribution >= 4 is 39.6 Å². The molecular weight excluding hydrogens is 420 g/mol. The van der Waals surface area contributed by atoms with E-state index in [1.807, 2.05) is 4.57 Å². The second kappa shape index (κ2) is 7.27. The van der Waals surface area contributed by atoms with Gasteiger partial charge in [-0.05, 0) is 62.2 Å². The average molecular weight is 441 g/mol. The normalized spacial score (nSPS) is 18.9. The third-order valence-corrected chi connectivity index (χ3v) is 8.62. The van der Waals surface area contributed by atoms with E-state index in [1.54, 1.807) is 0 Å². The van der Waals surface area contributed by atoms with Gasteiger partial charge in [0.1, 0.15) is 0 Å². The highest BCUT2D eigenvalue weighted by Crippen LogP contribution is 2.41. The van der Waals surface area contributed by atoms with Crippen molar-refractivity contribution < 1.29 is 13.2 Å². The molecule has 1 aromatic carbocycles. The van der Waals surface area contributed by atoms with Crippen molar-refractivity contribution in [3.8, 4) is 0 Å². The molecule has 2 N–H and O–H groups in total. The van der Waals surface area contributed by atoms with Crippen LogP contribution < -0.4 is 5.32 Å². The molecule has 0 saturated heterocycles. The molecule has 1 aromatic heterocycles. The minimum Gasteiger partial charge on any atom is -0.347 e. The Labute approximate surface area is 173 Å². The summed E-state index contributed by atoms with van der Waals surface area (Å²) < 4.78 is 27.7. The highest BCUT2D eigenvalue weighted by Gasteiger charge is 2.52. The van der Waals surface area contributed by atoms with Gasteiger partial charge < -0.3 is 5.32 Å². The number of aromatic amines is 1. The third kappa shape index (κ3) is 3.29. The van der Waals surface area contributed by atoms with Gasteiger partial charge in [0.25, 0.3) is 0 Å². The summed E-state index contributed by atoms with van der Waals surface area (Å²) in [4.78, 5) is 13.3. The molecule has 2 aliphatic carbocycles. The van der Waals surface area contributed by atoms with Gasteiger partial charge in [0.05, 0.1) is 11.4 Å². The van der Waals surface area contributed by atoms with Crippen LogP contribution in [0.5, 0.6) is 0 Å². The first-order valence-corrected chi connectivity index (χ1v) is 11.6. The molecule has 10 heteroatoms. The number of H-pyrrole nitrogens is 1. The molecule has 2 aromatic rings. The van der Waals surface area contributed by atoms with Crippen LogP contribution >= 0.6 is 23.8 Å². The van der Waals surface area contributed by atoms with Crippen LogP contribution in [0.2, 0.25) is 5.02 Å². The Morgan fingerprint density at radius 2 is 1.93 bits per heavy atom. The summed E-state index contributed by atoms with van der Waals surface area (Å²) >= 11 is 11.1. The topological polar surface area (TPSA) is 96.8 Å². The maximum absolute atomic E-state index is 13.4. The lowest BCUT2D eigenvalue weighted by molar-refractivity contribution is -0.123. The lowest BCUT2D eigenvalue weighted by Gasteiger charge is -2.27. The summed E-state index contributed by atoms with van der Waals surface area (Å²) in [5, 5.41) is 10.2. The lowest BCUT2D eigenvalue weighted by Crippen LogP contribution is -2.50. The van der Waals surface area contributed by atoms with Gasteiger partial charge in [-0.2, -0.15) is 5.10 Å². The summed E-state index contributed by atoms with van der Waals surface area (Å²) in [7, 11) is -3.86. The zero-order valence-corrected chi connectivity index (χ0v) is 17.5. The van der Waals surface area contributed by atoms with Gasteiger partial charge >= 0.3 is 0 Å². The summed E-state index contributed by atoms with van der Waals surface area (Å²) in [6.07, 6.45) is 4.06. The molecule has 0 atom stereocenters. The van der Waals surface area contributed by atoms with Crippen LogP contribution in [0.25, 0.3) is 0 Å². The molecule has 7 nitrogen and oxygen atoms in total. The Balaban J connectivity index is 1.60. The van der Waals surface area contributed by atoms with Crippen molar-refractivity contribution in [2.75, 3.05) is 0 Å². The van der Waals surface area contributed by atoms with Gasteiger partial charge in [-0.3, -0.25) is 14.5 Å². The number of carbonyl (C=O) groups is 1. The molecule has 0 spiro atoms. The van der Waals surface area contributed by atoms with E-state index in [1.165, 1.54) is 24.3 Å². The number of halogens is 1. The zero-order chi connectivity index (χ0) is 19.9. The Morgan fingerprint density at radius 3 is 2.54 bits per heavy atom.